The lowest BCUT2D eigenvalue weighted by atomic mass is 10.2. The van der Waals surface area contributed by atoms with Crippen LogP contribution in [-0.4, -0.2) is 12.5 Å². The summed E-state index contributed by atoms with van der Waals surface area (Å²) < 4.78 is 44.6. The van der Waals surface area contributed by atoms with Crippen LogP contribution in [-0.2, 0) is 0 Å². The summed E-state index contributed by atoms with van der Waals surface area (Å²) in [5.74, 6) is -4.72. The summed E-state index contributed by atoms with van der Waals surface area (Å²) in [6.07, 6.45) is 0. The Bertz CT molecular complexity index is 736. The number of nitrogens with one attached hydrogen (secondary N) is 1. The van der Waals surface area contributed by atoms with Gasteiger partial charge in [-0.3, -0.25) is 4.79 Å². The largest absolute Gasteiger partial charge is 0.489 e. The third-order valence-corrected chi connectivity index (χ3v) is 2.82. The predicted molar refractivity (Wildman–Crippen MR) is 81.0 cm³/mol. The molecule has 2 aromatic rings. The van der Waals surface area contributed by atoms with E-state index in [2.05, 4.69) is 11.9 Å². The first-order valence-corrected chi connectivity index (χ1v) is 6.70. The van der Waals surface area contributed by atoms with Gasteiger partial charge in [0, 0.05) is 17.3 Å². The molecule has 0 aliphatic rings. The van der Waals surface area contributed by atoms with E-state index in [1.54, 1.807) is 24.3 Å². The highest BCUT2D eigenvalue weighted by molar-refractivity contribution is 6.04. The van der Waals surface area contributed by atoms with Gasteiger partial charge in [0.05, 0.1) is 0 Å². The number of rotatable bonds is 5. The molecule has 0 aliphatic heterocycles. The second-order valence-corrected chi connectivity index (χ2v) is 4.98. The van der Waals surface area contributed by atoms with E-state index >= 15 is 0 Å². The van der Waals surface area contributed by atoms with E-state index in [9.17, 15) is 18.0 Å². The minimum absolute atomic E-state index is 0.324. The number of anilines is 1. The molecule has 0 saturated heterocycles. The maximum Gasteiger partial charge on any atom is 0.255 e. The molecular weight excluding hydrogens is 307 g/mol. The van der Waals surface area contributed by atoms with E-state index < -0.39 is 23.4 Å². The summed E-state index contributed by atoms with van der Waals surface area (Å²) in [5, 5.41) is 2.46. The van der Waals surface area contributed by atoms with Crippen molar-refractivity contribution in [3.05, 3.63) is 71.6 Å². The van der Waals surface area contributed by atoms with E-state index in [1.807, 2.05) is 6.92 Å². The fourth-order valence-corrected chi connectivity index (χ4v) is 1.76. The molecule has 0 atom stereocenters. The smallest absolute Gasteiger partial charge is 0.255 e. The Kier molecular flexibility index (Phi) is 5.05. The van der Waals surface area contributed by atoms with Gasteiger partial charge < -0.3 is 10.1 Å². The summed E-state index contributed by atoms with van der Waals surface area (Å²) in [5.41, 5.74) is 0.880. The summed E-state index contributed by atoms with van der Waals surface area (Å²) in [4.78, 5) is 12.0. The molecule has 2 aromatic carbocycles. The maximum atomic E-state index is 13.2. The Morgan fingerprint density at radius 1 is 1.17 bits per heavy atom. The molecule has 6 heteroatoms. The van der Waals surface area contributed by atoms with E-state index in [0.717, 1.165) is 5.57 Å². The molecule has 23 heavy (non-hydrogen) atoms. The normalized spacial score (nSPS) is 10.3. The molecule has 0 aliphatic carbocycles. The standard InChI is InChI=1S/C17H14F3NO2/c1-10(2)9-23-13-5-3-4-12(8-13)21-17(22)11-6-14(18)16(20)15(19)7-11/h3-8H,1,9H2,2H3,(H,21,22). The molecule has 1 amide bonds. The highest BCUT2D eigenvalue weighted by atomic mass is 19.2. The van der Waals surface area contributed by atoms with Gasteiger partial charge in [-0.1, -0.05) is 12.6 Å². The van der Waals surface area contributed by atoms with Crippen molar-refractivity contribution in [2.45, 2.75) is 6.92 Å². The van der Waals surface area contributed by atoms with E-state index in [0.29, 0.717) is 30.2 Å². The van der Waals surface area contributed by atoms with Gasteiger partial charge in [0.1, 0.15) is 12.4 Å². The molecular formula is C17H14F3NO2. The monoisotopic (exact) mass is 321 g/mol. The Hall–Kier alpha value is -2.76. The van der Waals surface area contributed by atoms with Crippen molar-refractivity contribution in [3.63, 3.8) is 0 Å². The molecule has 0 spiro atoms. The van der Waals surface area contributed by atoms with Crippen molar-refractivity contribution in [2.24, 2.45) is 0 Å². The van der Waals surface area contributed by atoms with Crippen LogP contribution in [0.25, 0.3) is 0 Å². The number of halogens is 3. The highest BCUT2D eigenvalue weighted by Crippen LogP contribution is 2.20. The lowest BCUT2D eigenvalue weighted by Gasteiger charge is -2.09. The Balaban J connectivity index is 2.14. The average Bonchev–Trinajstić information content (AvgIpc) is 2.50. The fraction of sp³-hybridized carbons (Fsp3) is 0.118. The summed E-state index contributed by atoms with van der Waals surface area (Å²) in [6.45, 7) is 5.84. The molecule has 0 aromatic heterocycles. The minimum atomic E-state index is -1.61. The number of carbonyl (C=O) groups is 1. The first-order chi connectivity index (χ1) is 10.9. The Morgan fingerprint density at radius 2 is 1.83 bits per heavy atom. The first kappa shape index (κ1) is 16.6. The second kappa shape index (κ2) is 7.00. The predicted octanol–water partition coefficient (Wildman–Crippen LogP) is 4.31. The molecule has 1 N–H and O–H groups in total. The molecule has 0 saturated carbocycles. The Morgan fingerprint density at radius 3 is 2.43 bits per heavy atom. The average molecular weight is 321 g/mol. The third-order valence-electron chi connectivity index (χ3n) is 2.82. The van der Waals surface area contributed by atoms with E-state index in [4.69, 9.17) is 4.74 Å². The van der Waals surface area contributed by atoms with Gasteiger partial charge in [0.2, 0.25) is 0 Å². The van der Waals surface area contributed by atoms with Crippen LogP contribution in [0.2, 0.25) is 0 Å². The summed E-state index contributed by atoms with van der Waals surface area (Å²) in [6, 6.07) is 7.74. The van der Waals surface area contributed by atoms with Crippen LogP contribution in [0, 0.1) is 17.5 Å². The molecule has 0 unspecified atom stereocenters. The van der Waals surface area contributed by atoms with Crippen LogP contribution in [0.15, 0.2) is 48.6 Å². The van der Waals surface area contributed by atoms with Crippen LogP contribution < -0.4 is 10.1 Å². The Labute approximate surface area is 131 Å². The van der Waals surface area contributed by atoms with Crippen LogP contribution in [0.4, 0.5) is 18.9 Å². The van der Waals surface area contributed by atoms with Crippen molar-refractivity contribution in [1.82, 2.24) is 0 Å². The summed E-state index contributed by atoms with van der Waals surface area (Å²) in [7, 11) is 0. The van der Waals surface area contributed by atoms with Gasteiger partial charge in [-0.2, -0.15) is 0 Å². The lowest BCUT2D eigenvalue weighted by Crippen LogP contribution is -2.13. The number of amides is 1. The summed E-state index contributed by atoms with van der Waals surface area (Å²) >= 11 is 0. The topological polar surface area (TPSA) is 38.3 Å². The van der Waals surface area contributed by atoms with E-state index in [-0.39, 0.29) is 5.56 Å². The zero-order valence-electron chi connectivity index (χ0n) is 12.3. The molecule has 0 heterocycles. The van der Waals surface area contributed by atoms with Crippen molar-refractivity contribution < 1.29 is 22.7 Å². The van der Waals surface area contributed by atoms with Crippen molar-refractivity contribution in [1.29, 1.82) is 0 Å². The van der Waals surface area contributed by atoms with Gasteiger partial charge in [-0.05, 0) is 36.8 Å². The van der Waals surface area contributed by atoms with Gasteiger partial charge in [-0.25, -0.2) is 13.2 Å². The number of hydrogen-bond acceptors (Lipinski definition) is 2. The molecule has 3 nitrogen and oxygen atoms in total. The van der Waals surface area contributed by atoms with Crippen LogP contribution in [0.5, 0.6) is 5.75 Å². The van der Waals surface area contributed by atoms with Gasteiger partial charge in [0.25, 0.3) is 5.91 Å². The van der Waals surface area contributed by atoms with Crippen molar-refractivity contribution in [2.75, 3.05) is 11.9 Å². The molecule has 120 valence electrons. The number of benzene rings is 2. The number of carbonyl (C=O) groups excluding carboxylic acids is 1. The van der Waals surface area contributed by atoms with E-state index in [1.165, 1.54) is 0 Å². The minimum Gasteiger partial charge on any atom is -0.489 e. The van der Waals surface area contributed by atoms with Crippen molar-refractivity contribution >= 4 is 11.6 Å². The highest BCUT2D eigenvalue weighted by Gasteiger charge is 2.15. The lowest BCUT2D eigenvalue weighted by molar-refractivity contribution is 0.102. The van der Waals surface area contributed by atoms with Crippen LogP contribution in [0.3, 0.4) is 0 Å². The molecule has 0 fully saturated rings. The van der Waals surface area contributed by atoms with Crippen molar-refractivity contribution in [3.8, 4) is 5.75 Å². The molecule has 0 bridgehead atoms. The zero-order valence-corrected chi connectivity index (χ0v) is 12.3. The number of ether oxygens (including phenoxy) is 1. The second-order valence-electron chi connectivity index (χ2n) is 4.98. The van der Waals surface area contributed by atoms with Crippen LogP contribution in [0.1, 0.15) is 17.3 Å². The van der Waals surface area contributed by atoms with Crippen LogP contribution >= 0.6 is 0 Å². The third kappa shape index (κ3) is 4.35. The zero-order chi connectivity index (χ0) is 17.0. The van der Waals surface area contributed by atoms with Gasteiger partial charge in [-0.15, -0.1) is 0 Å². The molecule has 2 rings (SSSR count). The molecule has 0 radical (unpaired) electrons. The quantitative estimate of drug-likeness (QED) is 0.658. The van der Waals surface area contributed by atoms with Gasteiger partial charge in [0.15, 0.2) is 17.5 Å². The van der Waals surface area contributed by atoms with Gasteiger partial charge >= 0.3 is 0 Å². The SMILES string of the molecule is C=C(C)COc1cccc(NC(=O)c2cc(F)c(F)c(F)c2)c1. The number of hydrogen-bond donors (Lipinski definition) is 1. The first-order valence-electron chi connectivity index (χ1n) is 6.70. The fourth-order valence-electron chi connectivity index (χ4n) is 1.76. The maximum absolute atomic E-state index is 13.2.